The van der Waals surface area contributed by atoms with E-state index in [9.17, 15) is 9.90 Å². The van der Waals surface area contributed by atoms with Crippen LogP contribution in [0.15, 0.2) is 30.3 Å². The number of hydrogen-bond acceptors (Lipinski definition) is 3. The summed E-state index contributed by atoms with van der Waals surface area (Å²) in [6.45, 7) is 0.577. The number of hydrogen-bond donors (Lipinski definition) is 3. The highest BCUT2D eigenvalue weighted by Crippen LogP contribution is 2.41. The van der Waals surface area contributed by atoms with Crippen molar-refractivity contribution in [1.29, 1.82) is 0 Å². The van der Waals surface area contributed by atoms with Crippen LogP contribution < -0.4 is 5.32 Å². The van der Waals surface area contributed by atoms with Gasteiger partial charge in [0, 0.05) is 18.5 Å². The Labute approximate surface area is 125 Å². The van der Waals surface area contributed by atoms with Crippen LogP contribution in [0.3, 0.4) is 0 Å². The van der Waals surface area contributed by atoms with E-state index in [1.54, 1.807) is 0 Å². The number of benzene rings is 1. The summed E-state index contributed by atoms with van der Waals surface area (Å²) in [5, 5.41) is 23.0. The smallest absolute Gasteiger partial charge is 0.306 e. The molecule has 4 nitrogen and oxygen atoms in total. The topological polar surface area (TPSA) is 69.6 Å². The van der Waals surface area contributed by atoms with Crippen LogP contribution in [0.1, 0.15) is 43.6 Å². The Morgan fingerprint density at radius 2 is 1.90 bits per heavy atom. The lowest BCUT2D eigenvalue weighted by Crippen LogP contribution is -2.45. The van der Waals surface area contributed by atoms with Crippen molar-refractivity contribution in [1.82, 2.24) is 5.32 Å². The molecule has 2 unspecified atom stereocenters. The highest BCUT2D eigenvalue weighted by atomic mass is 16.4. The van der Waals surface area contributed by atoms with E-state index in [-0.39, 0.29) is 5.92 Å². The van der Waals surface area contributed by atoms with Gasteiger partial charge in [-0.05, 0) is 37.7 Å². The van der Waals surface area contributed by atoms with Crippen LogP contribution in [0, 0.1) is 5.92 Å². The van der Waals surface area contributed by atoms with Crippen LogP contribution in [-0.2, 0) is 4.79 Å². The number of nitrogens with one attached hydrogen (secondary N) is 1. The molecule has 3 N–H and O–H groups in total. The molecule has 2 aliphatic rings. The Kier molecular flexibility index (Phi) is 4.00. The van der Waals surface area contributed by atoms with Gasteiger partial charge in [0.25, 0.3) is 0 Å². The molecular weight excluding hydrogens is 266 g/mol. The standard InChI is InChI=1S/C17H23NO3/c19-16(20)13-6-8-17(21,9-7-13)11-18-15-10-14(15)12-4-2-1-3-5-12/h1-5,13-15,18,21H,6-11H2,(H,19,20). The number of aliphatic carboxylic acids is 1. The quantitative estimate of drug-likeness (QED) is 0.777. The molecule has 2 aliphatic carbocycles. The molecule has 2 atom stereocenters. The minimum atomic E-state index is -0.726. The predicted octanol–water partition coefficient (Wildman–Crippen LogP) is 2.14. The van der Waals surface area contributed by atoms with E-state index in [0.29, 0.717) is 44.2 Å². The minimum absolute atomic E-state index is 0.275. The van der Waals surface area contributed by atoms with Gasteiger partial charge >= 0.3 is 5.97 Å². The van der Waals surface area contributed by atoms with E-state index in [4.69, 9.17) is 5.11 Å². The zero-order chi connectivity index (χ0) is 14.9. The van der Waals surface area contributed by atoms with E-state index in [0.717, 1.165) is 6.42 Å². The van der Waals surface area contributed by atoms with E-state index < -0.39 is 11.6 Å². The van der Waals surface area contributed by atoms with Crippen molar-refractivity contribution in [2.45, 2.75) is 49.7 Å². The maximum Gasteiger partial charge on any atom is 0.306 e. The van der Waals surface area contributed by atoms with Crippen LogP contribution in [0.4, 0.5) is 0 Å². The lowest BCUT2D eigenvalue weighted by Gasteiger charge is -2.35. The summed E-state index contributed by atoms with van der Waals surface area (Å²) >= 11 is 0. The third kappa shape index (κ3) is 3.44. The molecule has 3 rings (SSSR count). The third-order valence-corrected chi connectivity index (χ3v) is 4.98. The summed E-state index contributed by atoms with van der Waals surface area (Å²) in [5.74, 6) is -0.440. The molecule has 1 aromatic rings. The Morgan fingerprint density at radius 1 is 1.24 bits per heavy atom. The number of aliphatic hydroxyl groups is 1. The van der Waals surface area contributed by atoms with Gasteiger partial charge in [-0.3, -0.25) is 4.79 Å². The Morgan fingerprint density at radius 3 is 2.52 bits per heavy atom. The normalized spacial score (nSPS) is 35.4. The van der Waals surface area contributed by atoms with E-state index in [1.165, 1.54) is 5.56 Å². The summed E-state index contributed by atoms with van der Waals surface area (Å²) < 4.78 is 0. The van der Waals surface area contributed by atoms with Gasteiger partial charge < -0.3 is 15.5 Å². The molecule has 1 aromatic carbocycles. The van der Waals surface area contributed by atoms with Gasteiger partial charge in [0.05, 0.1) is 11.5 Å². The van der Waals surface area contributed by atoms with Crippen LogP contribution in [0.2, 0.25) is 0 Å². The summed E-state index contributed by atoms with van der Waals surface area (Å²) in [6, 6.07) is 10.9. The first-order chi connectivity index (χ1) is 10.1. The average Bonchev–Trinajstić information content (AvgIpc) is 3.26. The molecule has 0 aromatic heterocycles. The van der Waals surface area contributed by atoms with Gasteiger partial charge in [0.15, 0.2) is 0 Å². The van der Waals surface area contributed by atoms with E-state index >= 15 is 0 Å². The number of carboxylic acid groups (broad SMARTS) is 1. The van der Waals surface area contributed by atoms with Crippen LogP contribution in [0.25, 0.3) is 0 Å². The molecule has 2 saturated carbocycles. The highest BCUT2D eigenvalue weighted by molar-refractivity contribution is 5.70. The minimum Gasteiger partial charge on any atom is -0.481 e. The van der Waals surface area contributed by atoms with Gasteiger partial charge in [-0.25, -0.2) is 0 Å². The maximum atomic E-state index is 10.9. The number of rotatable bonds is 5. The Hall–Kier alpha value is -1.39. The largest absolute Gasteiger partial charge is 0.481 e. The van der Waals surface area contributed by atoms with Gasteiger partial charge in [-0.15, -0.1) is 0 Å². The second-order valence-electron chi connectivity index (χ2n) is 6.58. The molecule has 0 aliphatic heterocycles. The van der Waals surface area contributed by atoms with Crippen molar-refractivity contribution in [2.24, 2.45) is 5.92 Å². The molecule has 2 fully saturated rings. The lowest BCUT2D eigenvalue weighted by molar-refractivity contribution is -0.144. The molecule has 0 spiro atoms. The molecular formula is C17H23NO3. The molecule has 0 bridgehead atoms. The van der Waals surface area contributed by atoms with Crippen LogP contribution in [-0.4, -0.2) is 34.4 Å². The molecule has 0 heterocycles. The van der Waals surface area contributed by atoms with Crippen molar-refractivity contribution in [2.75, 3.05) is 6.54 Å². The van der Waals surface area contributed by atoms with Crippen molar-refractivity contribution < 1.29 is 15.0 Å². The zero-order valence-electron chi connectivity index (χ0n) is 12.2. The number of carboxylic acids is 1. The zero-order valence-corrected chi connectivity index (χ0v) is 12.2. The SMILES string of the molecule is O=C(O)C1CCC(O)(CNC2CC2c2ccccc2)CC1. The Bertz CT molecular complexity index is 494. The molecule has 4 heteroatoms. The molecule has 21 heavy (non-hydrogen) atoms. The van der Waals surface area contributed by atoms with Gasteiger partial charge in [-0.1, -0.05) is 30.3 Å². The van der Waals surface area contributed by atoms with Crippen LogP contribution >= 0.6 is 0 Å². The summed E-state index contributed by atoms with van der Waals surface area (Å²) in [6.07, 6.45) is 3.46. The maximum absolute atomic E-state index is 10.9. The summed E-state index contributed by atoms with van der Waals surface area (Å²) in [4.78, 5) is 10.9. The second kappa shape index (κ2) is 5.78. The molecule has 114 valence electrons. The van der Waals surface area contributed by atoms with Gasteiger partial charge in [0.1, 0.15) is 0 Å². The first kappa shape index (κ1) is 14.5. The van der Waals surface area contributed by atoms with Crippen molar-refractivity contribution >= 4 is 5.97 Å². The average molecular weight is 289 g/mol. The fourth-order valence-corrected chi connectivity index (χ4v) is 3.39. The van der Waals surface area contributed by atoms with E-state index in [2.05, 4.69) is 29.6 Å². The molecule has 0 saturated heterocycles. The first-order valence-electron chi connectivity index (χ1n) is 7.81. The predicted molar refractivity (Wildman–Crippen MR) is 80.1 cm³/mol. The summed E-state index contributed by atoms with van der Waals surface area (Å²) in [5.41, 5.74) is 0.632. The Balaban J connectivity index is 1.45. The van der Waals surface area contributed by atoms with Crippen molar-refractivity contribution in [3.63, 3.8) is 0 Å². The fraction of sp³-hybridized carbons (Fsp3) is 0.588. The highest BCUT2D eigenvalue weighted by Gasteiger charge is 2.41. The van der Waals surface area contributed by atoms with Crippen LogP contribution in [0.5, 0.6) is 0 Å². The van der Waals surface area contributed by atoms with Crippen molar-refractivity contribution in [3.8, 4) is 0 Å². The number of carbonyl (C=O) groups is 1. The second-order valence-corrected chi connectivity index (χ2v) is 6.58. The first-order valence-corrected chi connectivity index (χ1v) is 7.81. The van der Waals surface area contributed by atoms with E-state index in [1.807, 2.05) is 6.07 Å². The summed E-state index contributed by atoms with van der Waals surface area (Å²) in [7, 11) is 0. The molecule has 0 radical (unpaired) electrons. The lowest BCUT2D eigenvalue weighted by atomic mass is 9.79. The van der Waals surface area contributed by atoms with Crippen molar-refractivity contribution in [3.05, 3.63) is 35.9 Å². The molecule has 0 amide bonds. The third-order valence-electron chi connectivity index (χ3n) is 4.98. The van der Waals surface area contributed by atoms with Gasteiger partial charge in [-0.2, -0.15) is 0 Å². The monoisotopic (exact) mass is 289 g/mol. The van der Waals surface area contributed by atoms with Gasteiger partial charge in [0.2, 0.25) is 0 Å². The fourth-order valence-electron chi connectivity index (χ4n) is 3.39.